The maximum absolute atomic E-state index is 12.2. The van der Waals surface area contributed by atoms with E-state index in [1.165, 1.54) is 0 Å². The van der Waals surface area contributed by atoms with E-state index in [0.717, 1.165) is 11.5 Å². The van der Waals surface area contributed by atoms with Gasteiger partial charge in [0.2, 0.25) is 0 Å². The van der Waals surface area contributed by atoms with Crippen LogP contribution >= 0.6 is 34.7 Å². The predicted octanol–water partition coefficient (Wildman–Crippen LogP) is 4.03. The minimum atomic E-state index is -1.13. The molecule has 0 aliphatic heterocycles. The number of benzene rings is 1. The van der Waals surface area contributed by atoms with Crippen LogP contribution in [-0.4, -0.2) is 19.0 Å². The monoisotopic (exact) mass is 320 g/mol. The summed E-state index contributed by atoms with van der Waals surface area (Å²) in [5.74, 6) is 0. The van der Waals surface area contributed by atoms with E-state index in [4.69, 9.17) is 23.2 Å². The van der Waals surface area contributed by atoms with Gasteiger partial charge < -0.3 is 0 Å². The standard InChI is InChI=1S/C11H10Cl2N2OS2/c1-6(2)18(16)11-10(14-15-17-11)8-4-3-7(12)5-9(8)13/h3-6H,1-2H3/t18-/m1/s1. The molecule has 0 fully saturated rings. The first-order valence-electron chi connectivity index (χ1n) is 5.19. The first-order valence-corrected chi connectivity index (χ1v) is 7.93. The molecule has 7 heteroatoms. The van der Waals surface area contributed by atoms with E-state index in [-0.39, 0.29) is 5.25 Å². The van der Waals surface area contributed by atoms with Gasteiger partial charge in [0.05, 0.1) is 15.8 Å². The topological polar surface area (TPSA) is 42.9 Å². The molecule has 0 unspecified atom stereocenters. The number of hydrogen-bond donors (Lipinski definition) is 0. The number of halogens is 2. The summed E-state index contributed by atoms with van der Waals surface area (Å²) < 4.78 is 16.7. The number of aromatic nitrogens is 2. The van der Waals surface area contributed by atoms with Gasteiger partial charge in [0.15, 0.2) is 0 Å². The van der Waals surface area contributed by atoms with E-state index in [1.807, 2.05) is 13.8 Å². The SMILES string of the molecule is CC(C)[S@@](=O)c1snnc1-c1ccc(Cl)cc1Cl. The number of nitrogens with zero attached hydrogens (tertiary/aromatic N) is 2. The van der Waals surface area contributed by atoms with E-state index in [1.54, 1.807) is 18.2 Å². The van der Waals surface area contributed by atoms with Crippen molar-refractivity contribution in [1.82, 2.24) is 9.59 Å². The highest BCUT2D eigenvalue weighted by molar-refractivity contribution is 7.87. The second-order valence-electron chi connectivity index (χ2n) is 3.88. The van der Waals surface area contributed by atoms with Crippen LogP contribution in [0.2, 0.25) is 10.0 Å². The van der Waals surface area contributed by atoms with Crippen molar-refractivity contribution in [1.29, 1.82) is 0 Å². The zero-order valence-electron chi connectivity index (χ0n) is 9.68. The van der Waals surface area contributed by atoms with Crippen LogP contribution in [-0.2, 0) is 10.8 Å². The summed E-state index contributed by atoms with van der Waals surface area (Å²) >= 11 is 13.1. The molecule has 0 radical (unpaired) electrons. The largest absolute Gasteiger partial charge is 0.253 e. The molecule has 0 amide bonds. The molecule has 0 aliphatic carbocycles. The van der Waals surface area contributed by atoms with Crippen LogP contribution in [0.5, 0.6) is 0 Å². The predicted molar refractivity (Wildman–Crippen MR) is 76.9 cm³/mol. The minimum absolute atomic E-state index is 0.0112. The molecular weight excluding hydrogens is 311 g/mol. The molecule has 2 aromatic rings. The Balaban J connectivity index is 2.52. The van der Waals surface area contributed by atoms with Crippen molar-refractivity contribution in [3.63, 3.8) is 0 Å². The molecule has 0 aliphatic rings. The molecule has 1 atom stereocenters. The second kappa shape index (κ2) is 5.65. The van der Waals surface area contributed by atoms with Gasteiger partial charge in [-0.25, -0.2) is 0 Å². The molecule has 0 bridgehead atoms. The van der Waals surface area contributed by atoms with Crippen molar-refractivity contribution < 1.29 is 4.21 Å². The van der Waals surface area contributed by atoms with Gasteiger partial charge in [-0.1, -0.05) is 41.5 Å². The molecule has 0 N–H and O–H groups in total. The van der Waals surface area contributed by atoms with Gasteiger partial charge in [-0.15, -0.1) is 5.10 Å². The van der Waals surface area contributed by atoms with Crippen molar-refractivity contribution in [2.45, 2.75) is 23.3 Å². The van der Waals surface area contributed by atoms with Crippen molar-refractivity contribution in [3.05, 3.63) is 28.2 Å². The molecule has 1 aromatic heterocycles. The highest BCUT2D eigenvalue weighted by Gasteiger charge is 2.20. The quantitative estimate of drug-likeness (QED) is 0.857. The molecule has 1 aromatic carbocycles. The van der Waals surface area contributed by atoms with E-state index >= 15 is 0 Å². The van der Waals surface area contributed by atoms with Crippen LogP contribution < -0.4 is 0 Å². The Labute approximate surface area is 122 Å². The lowest BCUT2D eigenvalue weighted by Crippen LogP contribution is -2.05. The van der Waals surface area contributed by atoms with E-state index in [2.05, 4.69) is 9.59 Å². The minimum Gasteiger partial charge on any atom is -0.253 e. The summed E-state index contributed by atoms with van der Waals surface area (Å²) in [7, 11) is -1.13. The van der Waals surface area contributed by atoms with Crippen molar-refractivity contribution in [2.24, 2.45) is 0 Å². The Morgan fingerprint density at radius 1 is 1.33 bits per heavy atom. The molecule has 0 saturated carbocycles. The molecule has 0 spiro atoms. The molecule has 2 rings (SSSR count). The van der Waals surface area contributed by atoms with Gasteiger partial charge in [0.25, 0.3) is 0 Å². The maximum atomic E-state index is 12.2. The lowest BCUT2D eigenvalue weighted by atomic mass is 10.2. The molecule has 18 heavy (non-hydrogen) atoms. The first-order chi connectivity index (χ1) is 8.50. The average molecular weight is 321 g/mol. The zero-order valence-corrected chi connectivity index (χ0v) is 12.8. The lowest BCUT2D eigenvalue weighted by Gasteiger charge is -2.06. The van der Waals surface area contributed by atoms with Gasteiger partial charge in [0, 0.05) is 15.8 Å². The second-order valence-corrected chi connectivity index (χ2v) is 7.68. The van der Waals surface area contributed by atoms with Crippen LogP contribution in [0.15, 0.2) is 22.4 Å². The zero-order chi connectivity index (χ0) is 13.3. The third-order valence-corrected chi connectivity index (χ3v) is 5.46. The third kappa shape index (κ3) is 2.74. The van der Waals surface area contributed by atoms with E-state index in [9.17, 15) is 4.21 Å². The molecule has 96 valence electrons. The van der Waals surface area contributed by atoms with Crippen LogP contribution in [0, 0.1) is 0 Å². The maximum Gasteiger partial charge on any atom is 0.140 e. The average Bonchev–Trinajstić information content (AvgIpc) is 2.76. The van der Waals surface area contributed by atoms with Crippen LogP contribution in [0.3, 0.4) is 0 Å². The van der Waals surface area contributed by atoms with Gasteiger partial charge >= 0.3 is 0 Å². The van der Waals surface area contributed by atoms with Gasteiger partial charge in [-0.3, -0.25) is 4.21 Å². The van der Waals surface area contributed by atoms with Gasteiger partial charge in [0.1, 0.15) is 9.90 Å². The molecule has 3 nitrogen and oxygen atoms in total. The summed E-state index contributed by atoms with van der Waals surface area (Å²) in [5.41, 5.74) is 1.28. The van der Waals surface area contributed by atoms with Crippen LogP contribution in [0.25, 0.3) is 11.3 Å². The van der Waals surface area contributed by atoms with Gasteiger partial charge in [-0.2, -0.15) is 0 Å². The Kier molecular flexibility index (Phi) is 4.37. The lowest BCUT2D eigenvalue weighted by molar-refractivity contribution is 0.678. The van der Waals surface area contributed by atoms with Crippen LogP contribution in [0.1, 0.15) is 13.8 Å². The van der Waals surface area contributed by atoms with Crippen molar-refractivity contribution in [2.75, 3.05) is 0 Å². The fourth-order valence-electron chi connectivity index (χ4n) is 1.37. The Hall–Kier alpha value is -0.490. The van der Waals surface area contributed by atoms with Crippen molar-refractivity contribution in [3.8, 4) is 11.3 Å². The summed E-state index contributed by atoms with van der Waals surface area (Å²) in [6, 6.07) is 5.13. The molecule has 0 saturated heterocycles. The summed E-state index contributed by atoms with van der Waals surface area (Å²) in [4.78, 5) is 0. The van der Waals surface area contributed by atoms with E-state index < -0.39 is 10.8 Å². The first kappa shape index (κ1) is 13.9. The Morgan fingerprint density at radius 2 is 2.06 bits per heavy atom. The fourth-order valence-corrected chi connectivity index (χ4v) is 4.05. The van der Waals surface area contributed by atoms with Crippen LogP contribution in [0.4, 0.5) is 0 Å². The summed E-state index contributed by atoms with van der Waals surface area (Å²) in [5, 5.41) is 5.08. The van der Waals surface area contributed by atoms with Gasteiger partial charge in [-0.05, 0) is 29.7 Å². The summed E-state index contributed by atoms with van der Waals surface area (Å²) in [6.07, 6.45) is 0. The molecular formula is C11H10Cl2N2OS2. The Bertz CT molecular complexity index is 598. The normalized spacial score (nSPS) is 12.9. The third-order valence-electron chi connectivity index (χ3n) is 2.26. The summed E-state index contributed by atoms with van der Waals surface area (Å²) in [6.45, 7) is 3.78. The smallest absolute Gasteiger partial charge is 0.140 e. The highest BCUT2D eigenvalue weighted by atomic mass is 35.5. The van der Waals surface area contributed by atoms with E-state index in [0.29, 0.717) is 25.5 Å². The number of hydrogen-bond acceptors (Lipinski definition) is 4. The Morgan fingerprint density at radius 3 is 2.67 bits per heavy atom. The fraction of sp³-hybridized carbons (Fsp3) is 0.273. The number of rotatable bonds is 3. The van der Waals surface area contributed by atoms with Crippen molar-refractivity contribution >= 4 is 45.5 Å². The highest BCUT2D eigenvalue weighted by Crippen LogP contribution is 2.34. The molecule has 1 heterocycles.